The summed E-state index contributed by atoms with van der Waals surface area (Å²) in [7, 11) is 0. The maximum absolute atomic E-state index is 15.1. The van der Waals surface area contributed by atoms with Crippen LogP contribution in [0.2, 0.25) is 5.02 Å². The van der Waals surface area contributed by atoms with Crippen LogP contribution in [0.15, 0.2) is 66.9 Å². The highest BCUT2D eigenvalue weighted by Crippen LogP contribution is 2.28. The number of hydrogen-bond acceptors (Lipinski definition) is 1. The lowest BCUT2D eigenvalue weighted by molar-refractivity contribution is 0.617. The van der Waals surface area contributed by atoms with Crippen LogP contribution < -0.4 is 0 Å². The van der Waals surface area contributed by atoms with E-state index in [1.54, 1.807) is 6.07 Å². The second kappa shape index (κ2) is 10.2. The number of halogens is 3. The smallest absolute Gasteiger partial charge is 0.142 e. The van der Waals surface area contributed by atoms with E-state index < -0.39 is 5.82 Å². The number of hydrogen-bond donors (Lipinski definition) is 0. The van der Waals surface area contributed by atoms with Gasteiger partial charge in [-0.05, 0) is 72.0 Å². The Bertz CT molecular complexity index is 1220. The molecule has 0 spiro atoms. The molecule has 1 aromatic heterocycles. The van der Waals surface area contributed by atoms with Gasteiger partial charge in [0.2, 0.25) is 0 Å². The van der Waals surface area contributed by atoms with Gasteiger partial charge in [0.25, 0.3) is 0 Å². The molecule has 0 amide bonds. The molecule has 0 atom stereocenters. The van der Waals surface area contributed by atoms with E-state index >= 15 is 4.39 Å². The SMILES string of the molecule is CCCCCc1ccc(-c2ccc3c(F)c(CCc4ccc(Cl)c(F)c4)ccc3c2)nc1. The molecule has 0 bridgehead atoms. The minimum Gasteiger partial charge on any atom is -0.256 e. The van der Waals surface area contributed by atoms with Gasteiger partial charge in [0.15, 0.2) is 0 Å². The Morgan fingerprint density at radius 2 is 1.66 bits per heavy atom. The highest BCUT2D eigenvalue weighted by Gasteiger charge is 2.10. The van der Waals surface area contributed by atoms with Gasteiger partial charge in [0.1, 0.15) is 11.6 Å². The van der Waals surface area contributed by atoms with Crippen LogP contribution in [-0.4, -0.2) is 4.98 Å². The minimum absolute atomic E-state index is 0.0991. The molecule has 4 aromatic rings. The molecule has 0 aliphatic heterocycles. The first-order valence-electron chi connectivity index (χ1n) is 11.2. The zero-order valence-corrected chi connectivity index (χ0v) is 18.9. The van der Waals surface area contributed by atoms with Crippen LogP contribution in [0.25, 0.3) is 22.0 Å². The fourth-order valence-corrected chi connectivity index (χ4v) is 4.10. The standard InChI is InChI=1S/C28H26ClF2N/c1-2-3-4-5-20-8-15-27(32-18-20)23-12-13-24-22(17-23)11-10-21(28(24)31)9-6-19-7-14-25(29)26(30)16-19/h7-8,10-18H,2-6,9H2,1H3. The Morgan fingerprint density at radius 3 is 2.41 bits per heavy atom. The lowest BCUT2D eigenvalue weighted by atomic mass is 9.98. The van der Waals surface area contributed by atoms with Crippen molar-refractivity contribution < 1.29 is 8.78 Å². The molecule has 0 radical (unpaired) electrons. The number of pyridine rings is 1. The molecule has 164 valence electrons. The zero-order chi connectivity index (χ0) is 22.5. The fraction of sp³-hybridized carbons (Fsp3) is 0.250. The maximum atomic E-state index is 15.1. The number of fused-ring (bicyclic) bond motifs is 1. The second-order valence-electron chi connectivity index (χ2n) is 8.23. The minimum atomic E-state index is -0.446. The zero-order valence-electron chi connectivity index (χ0n) is 18.2. The largest absolute Gasteiger partial charge is 0.256 e. The summed E-state index contributed by atoms with van der Waals surface area (Å²) in [4.78, 5) is 4.62. The highest BCUT2D eigenvalue weighted by atomic mass is 35.5. The van der Waals surface area contributed by atoms with E-state index in [1.165, 1.54) is 37.0 Å². The number of aryl methyl sites for hydroxylation is 3. The van der Waals surface area contributed by atoms with Gasteiger partial charge in [-0.15, -0.1) is 0 Å². The summed E-state index contributed by atoms with van der Waals surface area (Å²) < 4.78 is 28.8. The molecule has 0 saturated heterocycles. The van der Waals surface area contributed by atoms with Crippen molar-refractivity contribution in [3.8, 4) is 11.3 Å². The quantitative estimate of drug-likeness (QED) is 0.246. The van der Waals surface area contributed by atoms with Crippen molar-refractivity contribution >= 4 is 22.4 Å². The van der Waals surface area contributed by atoms with Crippen molar-refractivity contribution in [2.24, 2.45) is 0 Å². The van der Waals surface area contributed by atoms with Crippen molar-refractivity contribution in [3.05, 3.63) is 100 Å². The van der Waals surface area contributed by atoms with Gasteiger partial charge in [0, 0.05) is 17.1 Å². The third-order valence-electron chi connectivity index (χ3n) is 5.89. The first kappa shape index (κ1) is 22.4. The van der Waals surface area contributed by atoms with E-state index in [0.29, 0.717) is 23.8 Å². The summed E-state index contributed by atoms with van der Waals surface area (Å²) in [5.41, 5.74) is 4.53. The van der Waals surface area contributed by atoms with Crippen LogP contribution >= 0.6 is 11.6 Å². The van der Waals surface area contributed by atoms with Gasteiger partial charge in [0.05, 0.1) is 10.7 Å². The number of aromatic nitrogens is 1. The molecular formula is C28H26ClF2N. The highest BCUT2D eigenvalue weighted by molar-refractivity contribution is 6.30. The Hall–Kier alpha value is -2.78. The van der Waals surface area contributed by atoms with E-state index in [1.807, 2.05) is 42.6 Å². The average Bonchev–Trinajstić information content (AvgIpc) is 2.81. The lowest BCUT2D eigenvalue weighted by Gasteiger charge is -2.09. The Balaban J connectivity index is 1.51. The molecule has 1 nitrogen and oxygen atoms in total. The molecule has 4 heteroatoms. The van der Waals surface area contributed by atoms with Crippen LogP contribution in [0.1, 0.15) is 42.9 Å². The molecular weight excluding hydrogens is 424 g/mol. The van der Waals surface area contributed by atoms with Crippen LogP contribution in [0.5, 0.6) is 0 Å². The molecule has 0 fully saturated rings. The summed E-state index contributed by atoms with van der Waals surface area (Å²) >= 11 is 5.74. The monoisotopic (exact) mass is 449 g/mol. The lowest BCUT2D eigenvalue weighted by Crippen LogP contribution is -1.97. The van der Waals surface area contributed by atoms with Crippen LogP contribution in [0.4, 0.5) is 8.78 Å². The van der Waals surface area contributed by atoms with Crippen LogP contribution in [0, 0.1) is 11.6 Å². The summed E-state index contributed by atoms with van der Waals surface area (Å²) in [6.07, 6.45) is 7.65. The first-order valence-corrected chi connectivity index (χ1v) is 11.5. The number of nitrogens with zero attached hydrogens (tertiary/aromatic N) is 1. The Morgan fingerprint density at radius 1 is 0.812 bits per heavy atom. The van der Waals surface area contributed by atoms with Gasteiger partial charge in [-0.1, -0.05) is 67.8 Å². The van der Waals surface area contributed by atoms with E-state index in [-0.39, 0.29) is 10.8 Å². The van der Waals surface area contributed by atoms with Gasteiger partial charge in [-0.2, -0.15) is 0 Å². The average molecular weight is 450 g/mol. The molecule has 32 heavy (non-hydrogen) atoms. The predicted octanol–water partition coefficient (Wildman–Crippen LogP) is 8.35. The number of rotatable bonds is 8. The van der Waals surface area contributed by atoms with Crippen molar-refractivity contribution in [1.82, 2.24) is 4.98 Å². The molecule has 0 saturated carbocycles. The Kier molecular flexibility index (Phi) is 7.16. The third kappa shape index (κ3) is 5.16. The maximum Gasteiger partial charge on any atom is 0.142 e. The topological polar surface area (TPSA) is 12.9 Å². The van der Waals surface area contributed by atoms with E-state index in [9.17, 15) is 4.39 Å². The molecule has 0 aliphatic rings. The van der Waals surface area contributed by atoms with Gasteiger partial charge < -0.3 is 0 Å². The number of unbranched alkanes of at least 4 members (excludes halogenated alkanes) is 2. The van der Waals surface area contributed by atoms with E-state index in [0.717, 1.165) is 28.6 Å². The number of benzene rings is 3. The summed E-state index contributed by atoms with van der Waals surface area (Å²) in [6.45, 7) is 2.20. The van der Waals surface area contributed by atoms with Gasteiger partial charge >= 0.3 is 0 Å². The van der Waals surface area contributed by atoms with Gasteiger partial charge in [-0.25, -0.2) is 8.78 Å². The summed E-state index contributed by atoms with van der Waals surface area (Å²) in [5.74, 6) is -0.666. The van der Waals surface area contributed by atoms with Crippen molar-refractivity contribution in [2.45, 2.75) is 45.4 Å². The van der Waals surface area contributed by atoms with Crippen LogP contribution in [0.3, 0.4) is 0 Å². The first-order chi connectivity index (χ1) is 15.5. The second-order valence-corrected chi connectivity index (χ2v) is 8.64. The van der Waals surface area contributed by atoms with E-state index in [2.05, 4.69) is 18.0 Å². The van der Waals surface area contributed by atoms with Gasteiger partial charge in [-0.3, -0.25) is 4.98 Å². The molecule has 0 N–H and O–H groups in total. The summed E-state index contributed by atoms with van der Waals surface area (Å²) in [5, 5.41) is 1.53. The third-order valence-corrected chi connectivity index (χ3v) is 6.20. The normalized spacial score (nSPS) is 11.2. The predicted molar refractivity (Wildman–Crippen MR) is 129 cm³/mol. The summed E-state index contributed by atoms with van der Waals surface area (Å²) in [6, 6.07) is 18.4. The fourth-order valence-electron chi connectivity index (χ4n) is 3.99. The van der Waals surface area contributed by atoms with Crippen molar-refractivity contribution in [2.75, 3.05) is 0 Å². The molecule has 1 heterocycles. The van der Waals surface area contributed by atoms with Crippen molar-refractivity contribution in [1.29, 1.82) is 0 Å². The molecule has 0 unspecified atom stereocenters. The molecule has 4 rings (SSSR count). The van der Waals surface area contributed by atoms with E-state index in [4.69, 9.17) is 11.6 Å². The molecule has 3 aromatic carbocycles. The van der Waals surface area contributed by atoms with Crippen LogP contribution in [-0.2, 0) is 19.3 Å². The Labute approximate surface area is 193 Å². The van der Waals surface area contributed by atoms with Crippen molar-refractivity contribution in [3.63, 3.8) is 0 Å². The molecule has 0 aliphatic carbocycles.